The lowest BCUT2D eigenvalue weighted by atomic mass is 9.74. The molecule has 24 heavy (non-hydrogen) atoms. The Morgan fingerprint density at radius 3 is 2.38 bits per heavy atom. The summed E-state index contributed by atoms with van der Waals surface area (Å²) in [4.78, 5) is 23.6. The predicted molar refractivity (Wildman–Crippen MR) is 87.3 cm³/mol. The van der Waals surface area contributed by atoms with Crippen LogP contribution in [0.1, 0.15) is 39.2 Å². The van der Waals surface area contributed by atoms with Crippen molar-refractivity contribution >= 4 is 17.7 Å². The summed E-state index contributed by atoms with van der Waals surface area (Å²) in [5.41, 5.74) is -1.08. The average molecular weight is 337 g/mol. The van der Waals surface area contributed by atoms with Gasteiger partial charge in [-0.2, -0.15) is 0 Å². The highest BCUT2D eigenvalue weighted by molar-refractivity contribution is 5.88. The molecule has 1 aromatic carbocycles. The second kappa shape index (κ2) is 6.68. The molecule has 3 N–H and O–H groups in total. The second-order valence-electron chi connectivity index (χ2n) is 6.86. The van der Waals surface area contributed by atoms with Crippen LogP contribution in [-0.4, -0.2) is 41.1 Å². The molecule has 1 amide bonds. The quantitative estimate of drug-likeness (QED) is 0.733. The highest BCUT2D eigenvalue weighted by Crippen LogP contribution is 2.38. The number of carboxylic acid groups (broad SMARTS) is 1. The van der Waals surface area contributed by atoms with Crippen LogP contribution >= 0.6 is 0 Å². The number of phenols is 1. The van der Waals surface area contributed by atoms with Gasteiger partial charge in [0.1, 0.15) is 11.4 Å². The Hall–Kier alpha value is -2.28. The molecule has 0 spiro atoms. The number of anilines is 1. The number of hydrogen-bond donors (Lipinski definition) is 3. The molecular weight excluding hydrogens is 314 g/mol. The molecule has 1 saturated heterocycles. The molecule has 1 aromatic rings. The molecule has 1 aliphatic heterocycles. The fourth-order valence-electron chi connectivity index (χ4n) is 2.69. The molecule has 1 aliphatic rings. The fourth-order valence-corrected chi connectivity index (χ4v) is 2.69. The van der Waals surface area contributed by atoms with Gasteiger partial charge >= 0.3 is 12.1 Å². The van der Waals surface area contributed by atoms with Crippen LogP contribution < -0.4 is 5.32 Å². The average Bonchev–Trinajstić information content (AvgIpc) is 2.48. The summed E-state index contributed by atoms with van der Waals surface area (Å²) in [6.45, 7) is 5.90. The van der Waals surface area contributed by atoms with Gasteiger partial charge in [-0.25, -0.2) is 4.79 Å². The molecule has 1 fully saturated rings. The van der Waals surface area contributed by atoms with Gasteiger partial charge in [0.25, 0.3) is 0 Å². The number of ether oxygens (including phenoxy) is 2. The predicted octanol–water partition coefficient (Wildman–Crippen LogP) is 2.87. The number of carbonyl (C=O) groups is 2. The minimum absolute atomic E-state index is 0.167. The van der Waals surface area contributed by atoms with E-state index >= 15 is 0 Å². The zero-order valence-corrected chi connectivity index (χ0v) is 14.1. The Balaban J connectivity index is 2.22. The van der Waals surface area contributed by atoms with Gasteiger partial charge in [-0.05, 0) is 51.3 Å². The number of aromatic hydroxyl groups is 1. The summed E-state index contributed by atoms with van der Waals surface area (Å²) in [6.07, 6.45) is -0.0223. The summed E-state index contributed by atoms with van der Waals surface area (Å²) in [7, 11) is 0. The molecule has 0 radical (unpaired) electrons. The molecule has 0 unspecified atom stereocenters. The van der Waals surface area contributed by atoms with Crippen molar-refractivity contribution in [3.05, 3.63) is 23.8 Å². The van der Waals surface area contributed by atoms with Crippen molar-refractivity contribution < 1.29 is 29.3 Å². The number of hydrogen-bond acceptors (Lipinski definition) is 5. The molecule has 1 heterocycles. The van der Waals surface area contributed by atoms with Crippen LogP contribution in [0.25, 0.3) is 0 Å². The van der Waals surface area contributed by atoms with Crippen LogP contribution in [0, 0.1) is 0 Å². The van der Waals surface area contributed by atoms with Crippen LogP contribution in [0.2, 0.25) is 0 Å². The Kier molecular flexibility index (Phi) is 5.03. The van der Waals surface area contributed by atoms with Gasteiger partial charge in [0.2, 0.25) is 0 Å². The SMILES string of the molecule is CC(C)(C)OC(=O)Nc1ccc(C2(C(=O)O)CCOCC2)cc1O. The smallest absolute Gasteiger partial charge is 0.412 e. The van der Waals surface area contributed by atoms with Gasteiger partial charge in [-0.15, -0.1) is 0 Å². The van der Waals surface area contributed by atoms with E-state index in [-0.39, 0.29) is 11.4 Å². The topological polar surface area (TPSA) is 105 Å². The van der Waals surface area contributed by atoms with Gasteiger partial charge < -0.3 is 19.7 Å². The van der Waals surface area contributed by atoms with E-state index < -0.39 is 23.1 Å². The van der Waals surface area contributed by atoms with Gasteiger partial charge in [0.05, 0.1) is 11.1 Å². The van der Waals surface area contributed by atoms with E-state index in [0.29, 0.717) is 31.6 Å². The Morgan fingerprint density at radius 1 is 1.25 bits per heavy atom. The molecular formula is C17H23NO6. The molecule has 0 aromatic heterocycles. The highest BCUT2D eigenvalue weighted by Gasteiger charge is 2.42. The number of nitrogens with one attached hydrogen (secondary N) is 1. The van der Waals surface area contributed by atoms with E-state index in [0.717, 1.165) is 0 Å². The zero-order valence-electron chi connectivity index (χ0n) is 14.1. The summed E-state index contributed by atoms with van der Waals surface area (Å²) >= 11 is 0. The summed E-state index contributed by atoms with van der Waals surface area (Å²) in [5.74, 6) is -1.15. The number of carbonyl (C=O) groups excluding carboxylic acids is 1. The van der Waals surface area contributed by atoms with Crippen molar-refractivity contribution in [2.24, 2.45) is 0 Å². The minimum atomic E-state index is -1.08. The van der Waals surface area contributed by atoms with Crippen molar-refractivity contribution in [3.63, 3.8) is 0 Å². The second-order valence-corrected chi connectivity index (χ2v) is 6.86. The van der Waals surface area contributed by atoms with Crippen molar-refractivity contribution in [2.75, 3.05) is 18.5 Å². The van der Waals surface area contributed by atoms with Gasteiger partial charge in [-0.3, -0.25) is 10.1 Å². The maximum atomic E-state index is 11.8. The minimum Gasteiger partial charge on any atom is -0.506 e. The molecule has 132 valence electrons. The van der Waals surface area contributed by atoms with Crippen molar-refractivity contribution in [3.8, 4) is 5.75 Å². The van der Waals surface area contributed by atoms with Crippen LogP contribution in [0.4, 0.5) is 10.5 Å². The van der Waals surface area contributed by atoms with E-state index in [2.05, 4.69) is 5.32 Å². The van der Waals surface area contributed by atoms with E-state index in [9.17, 15) is 19.8 Å². The fraction of sp³-hybridized carbons (Fsp3) is 0.529. The van der Waals surface area contributed by atoms with Crippen LogP contribution in [0.3, 0.4) is 0 Å². The number of aliphatic carboxylic acids is 1. The van der Waals surface area contributed by atoms with Crippen molar-refractivity contribution in [2.45, 2.75) is 44.6 Å². The van der Waals surface area contributed by atoms with Gasteiger partial charge in [-0.1, -0.05) is 6.07 Å². The molecule has 0 atom stereocenters. The first-order valence-electron chi connectivity index (χ1n) is 7.79. The van der Waals surface area contributed by atoms with E-state index in [1.54, 1.807) is 26.8 Å². The Morgan fingerprint density at radius 2 is 1.88 bits per heavy atom. The summed E-state index contributed by atoms with van der Waals surface area (Å²) in [5, 5.41) is 22.3. The maximum Gasteiger partial charge on any atom is 0.412 e. The van der Waals surface area contributed by atoms with Crippen molar-refractivity contribution in [1.29, 1.82) is 0 Å². The lowest BCUT2D eigenvalue weighted by Gasteiger charge is -2.33. The monoisotopic (exact) mass is 337 g/mol. The number of benzene rings is 1. The van der Waals surface area contributed by atoms with E-state index in [1.165, 1.54) is 12.1 Å². The normalized spacial score (nSPS) is 17.1. The first-order chi connectivity index (χ1) is 11.1. The maximum absolute atomic E-state index is 11.8. The lowest BCUT2D eigenvalue weighted by Crippen LogP contribution is -2.41. The third-order valence-corrected chi connectivity index (χ3v) is 3.94. The van der Waals surface area contributed by atoms with Gasteiger partial charge in [0, 0.05) is 13.2 Å². The zero-order chi connectivity index (χ0) is 18.0. The van der Waals surface area contributed by atoms with Crippen LogP contribution in [0.5, 0.6) is 5.75 Å². The number of amides is 1. The first-order valence-corrected chi connectivity index (χ1v) is 7.79. The molecule has 7 heteroatoms. The van der Waals surface area contributed by atoms with E-state index in [4.69, 9.17) is 9.47 Å². The largest absolute Gasteiger partial charge is 0.506 e. The lowest BCUT2D eigenvalue weighted by molar-refractivity contribution is -0.147. The first kappa shape index (κ1) is 18.1. The summed E-state index contributed by atoms with van der Waals surface area (Å²) in [6, 6.07) is 4.47. The Labute approximate surface area is 140 Å². The standard InChI is InChI=1S/C17H23NO6/c1-16(2,3)24-15(22)18-12-5-4-11(10-13(12)19)17(14(20)21)6-8-23-9-7-17/h4-5,10,19H,6-9H2,1-3H3,(H,18,22)(H,20,21). The van der Waals surface area contributed by atoms with E-state index in [1.807, 2.05) is 0 Å². The van der Waals surface area contributed by atoms with Crippen molar-refractivity contribution in [1.82, 2.24) is 0 Å². The number of carboxylic acids is 1. The van der Waals surface area contributed by atoms with Crippen LogP contribution in [0.15, 0.2) is 18.2 Å². The summed E-state index contributed by atoms with van der Waals surface area (Å²) < 4.78 is 10.4. The molecule has 0 bridgehead atoms. The van der Waals surface area contributed by atoms with Crippen LogP contribution in [-0.2, 0) is 19.7 Å². The molecule has 2 rings (SSSR count). The number of rotatable bonds is 3. The van der Waals surface area contributed by atoms with Gasteiger partial charge in [0.15, 0.2) is 0 Å². The molecule has 0 aliphatic carbocycles. The highest BCUT2D eigenvalue weighted by atomic mass is 16.6. The number of phenolic OH excluding ortho intramolecular Hbond substituents is 1. The molecule has 0 saturated carbocycles. The Bertz CT molecular complexity index is 628. The third-order valence-electron chi connectivity index (χ3n) is 3.94. The molecule has 7 nitrogen and oxygen atoms in total. The third kappa shape index (κ3) is 3.97.